The van der Waals surface area contributed by atoms with Crippen LogP contribution in [0.2, 0.25) is 0 Å². The summed E-state index contributed by atoms with van der Waals surface area (Å²) in [6.45, 7) is 6.66. The summed E-state index contributed by atoms with van der Waals surface area (Å²) in [5, 5.41) is 12.3. The summed E-state index contributed by atoms with van der Waals surface area (Å²) in [6.07, 6.45) is 0. The van der Waals surface area contributed by atoms with Gasteiger partial charge < -0.3 is 10.4 Å². The topological polar surface area (TPSA) is 49.3 Å². The molecule has 0 saturated heterocycles. The molecule has 0 saturated carbocycles. The van der Waals surface area contributed by atoms with Crippen LogP contribution in [0.1, 0.15) is 20.8 Å². The number of nitrogens with one attached hydrogen (secondary N) is 1. The number of hydrogen-bond donors (Lipinski definition) is 2. The van der Waals surface area contributed by atoms with E-state index in [9.17, 15) is 9.32 Å². The average Bonchev–Trinajstić information content (AvgIpc) is 1.96. The molecule has 1 atom stereocenters. The van der Waals surface area contributed by atoms with Gasteiger partial charge in [-0.15, -0.1) is 0 Å². The van der Waals surface area contributed by atoms with Crippen LogP contribution in [-0.4, -0.2) is 39.5 Å². The first-order valence-electron chi connectivity index (χ1n) is 4.24. The summed E-state index contributed by atoms with van der Waals surface area (Å²) in [5.41, 5.74) is -0.673. The smallest absolute Gasteiger partial charge is 0.0715 e. The van der Waals surface area contributed by atoms with Gasteiger partial charge in [0.25, 0.3) is 0 Å². The minimum absolute atomic E-state index is 0.550. The van der Waals surface area contributed by atoms with Gasteiger partial charge in [-0.1, -0.05) is 6.92 Å². The van der Waals surface area contributed by atoms with Gasteiger partial charge in [-0.05, 0) is 13.8 Å². The van der Waals surface area contributed by atoms with Crippen LogP contribution in [0.3, 0.4) is 0 Å². The number of rotatable bonds is 6. The Balaban J connectivity index is 3.28. The Morgan fingerprint density at radius 1 is 1.50 bits per heavy atom. The lowest BCUT2D eigenvalue weighted by Gasteiger charge is -2.17. The first-order valence-corrected chi connectivity index (χ1v) is 5.72. The third kappa shape index (κ3) is 8.17. The zero-order chi connectivity index (χ0) is 9.61. The van der Waals surface area contributed by atoms with E-state index in [2.05, 4.69) is 5.32 Å². The highest BCUT2D eigenvalue weighted by molar-refractivity contribution is 7.84. The predicted molar refractivity (Wildman–Crippen MR) is 52.7 cm³/mol. The van der Waals surface area contributed by atoms with Crippen LogP contribution in [0.5, 0.6) is 0 Å². The van der Waals surface area contributed by atoms with Gasteiger partial charge >= 0.3 is 0 Å². The summed E-state index contributed by atoms with van der Waals surface area (Å²) in [4.78, 5) is 0. The molecule has 1 unspecified atom stereocenters. The second-order valence-electron chi connectivity index (χ2n) is 3.42. The van der Waals surface area contributed by atoms with Crippen molar-refractivity contribution in [3.63, 3.8) is 0 Å². The minimum atomic E-state index is -0.699. The van der Waals surface area contributed by atoms with E-state index in [-0.39, 0.29) is 0 Å². The van der Waals surface area contributed by atoms with Crippen LogP contribution >= 0.6 is 0 Å². The van der Waals surface area contributed by atoms with Crippen molar-refractivity contribution < 1.29 is 9.32 Å². The van der Waals surface area contributed by atoms with Crippen molar-refractivity contribution in [1.82, 2.24) is 5.32 Å². The van der Waals surface area contributed by atoms with Crippen molar-refractivity contribution in [2.75, 3.05) is 24.6 Å². The highest BCUT2D eigenvalue weighted by Crippen LogP contribution is 1.96. The molecule has 0 aliphatic heterocycles. The molecule has 2 N–H and O–H groups in total. The summed E-state index contributed by atoms with van der Waals surface area (Å²) >= 11 is 0. The SMILES string of the molecule is CCS(=O)CCNCC(C)(C)O. The van der Waals surface area contributed by atoms with Crippen LogP contribution in [-0.2, 0) is 10.8 Å². The van der Waals surface area contributed by atoms with Crippen molar-refractivity contribution in [1.29, 1.82) is 0 Å². The lowest BCUT2D eigenvalue weighted by Crippen LogP contribution is -2.36. The van der Waals surface area contributed by atoms with Gasteiger partial charge in [-0.3, -0.25) is 4.21 Å². The molecule has 0 aliphatic carbocycles. The quantitative estimate of drug-likeness (QED) is 0.589. The van der Waals surface area contributed by atoms with E-state index in [0.717, 1.165) is 0 Å². The number of aliphatic hydroxyl groups is 1. The maximum absolute atomic E-state index is 10.9. The lowest BCUT2D eigenvalue weighted by molar-refractivity contribution is 0.0805. The van der Waals surface area contributed by atoms with E-state index in [0.29, 0.717) is 24.6 Å². The standard InChI is InChI=1S/C8H19NO2S/c1-4-12(11)6-5-9-7-8(2,3)10/h9-10H,4-7H2,1-3H3. The molecule has 0 rings (SSSR count). The van der Waals surface area contributed by atoms with Crippen LogP contribution in [0.25, 0.3) is 0 Å². The summed E-state index contributed by atoms with van der Waals surface area (Å²) < 4.78 is 10.9. The van der Waals surface area contributed by atoms with Crippen LogP contribution in [0.4, 0.5) is 0 Å². The first-order chi connectivity index (χ1) is 5.45. The highest BCUT2D eigenvalue weighted by Gasteiger charge is 2.10. The van der Waals surface area contributed by atoms with Crippen molar-refractivity contribution in [2.24, 2.45) is 0 Å². The predicted octanol–water partition coefficient (Wildman–Crippen LogP) is 0.115. The molecule has 74 valence electrons. The Hall–Kier alpha value is 0.0700. The fourth-order valence-corrected chi connectivity index (χ4v) is 1.39. The molecule has 0 aromatic rings. The van der Waals surface area contributed by atoms with Crippen LogP contribution in [0.15, 0.2) is 0 Å². The van der Waals surface area contributed by atoms with Gasteiger partial charge in [0.05, 0.1) is 5.60 Å². The van der Waals surface area contributed by atoms with Gasteiger partial charge in [-0.25, -0.2) is 0 Å². The Bertz CT molecular complexity index is 142. The lowest BCUT2D eigenvalue weighted by atomic mass is 10.1. The molecule has 12 heavy (non-hydrogen) atoms. The molecule has 0 spiro atoms. The Morgan fingerprint density at radius 2 is 2.08 bits per heavy atom. The maximum Gasteiger partial charge on any atom is 0.0715 e. The summed E-state index contributed by atoms with van der Waals surface area (Å²) in [7, 11) is -0.699. The molecule has 0 fully saturated rings. The van der Waals surface area contributed by atoms with E-state index >= 15 is 0 Å². The molecule has 3 nitrogen and oxygen atoms in total. The average molecular weight is 193 g/mol. The van der Waals surface area contributed by atoms with Crippen LogP contribution in [0, 0.1) is 0 Å². The molecule has 0 aromatic carbocycles. The van der Waals surface area contributed by atoms with Crippen molar-refractivity contribution in [3.8, 4) is 0 Å². The van der Waals surface area contributed by atoms with Gasteiger partial charge in [0, 0.05) is 35.4 Å². The Labute approximate surface area is 77.0 Å². The van der Waals surface area contributed by atoms with E-state index in [1.807, 2.05) is 6.92 Å². The third-order valence-corrected chi connectivity index (χ3v) is 2.69. The zero-order valence-electron chi connectivity index (χ0n) is 8.09. The minimum Gasteiger partial charge on any atom is -0.389 e. The third-order valence-electron chi connectivity index (χ3n) is 1.39. The second kappa shape index (κ2) is 5.67. The van der Waals surface area contributed by atoms with E-state index < -0.39 is 16.4 Å². The fraction of sp³-hybridized carbons (Fsp3) is 1.00. The van der Waals surface area contributed by atoms with Gasteiger partial charge in [0.1, 0.15) is 0 Å². The molecular weight excluding hydrogens is 174 g/mol. The summed E-state index contributed by atoms with van der Waals surface area (Å²) in [5.74, 6) is 1.39. The van der Waals surface area contributed by atoms with Gasteiger partial charge in [-0.2, -0.15) is 0 Å². The molecule has 4 heteroatoms. The zero-order valence-corrected chi connectivity index (χ0v) is 8.91. The van der Waals surface area contributed by atoms with E-state index in [4.69, 9.17) is 0 Å². The van der Waals surface area contributed by atoms with E-state index in [1.54, 1.807) is 13.8 Å². The largest absolute Gasteiger partial charge is 0.389 e. The second-order valence-corrected chi connectivity index (χ2v) is 5.29. The Kier molecular flexibility index (Phi) is 5.70. The fourth-order valence-electron chi connectivity index (χ4n) is 0.725. The molecule has 0 aliphatic rings. The molecule has 0 aromatic heterocycles. The molecular formula is C8H19NO2S. The van der Waals surface area contributed by atoms with Crippen molar-refractivity contribution >= 4 is 10.8 Å². The molecule has 0 heterocycles. The number of hydrogen-bond acceptors (Lipinski definition) is 3. The van der Waals surface area contributed by atoms with Crippen LogP contribution < -0.4 is 5.32 Å². The molecule has 0 radical (unpaired) electrons. The molecule has 0 bridgehead atoms. The maximum atomic E-state index is 10.9. The summed E-state index contributed by atoms with van der Waals surface area (Å²) in [6, 6.07) is 0. The van der Waals surface area contributed by atoms with E-state index in [1.165, 1.54) is 0 Å². The van der Waals surface area contributed by atoms with Crippen molar-refractivity contribution in [3.05, 3.63) is 0 Å². The highest BCUT2D eigenvalue weighted by atomic mass is 32.2. The van der Waals surface area contributed by atoms with Gasteiger partial charge in [0.2, 0.25) is 0 Å². The van der Waals surface area contributed by atoms with Crippen molar-refractivity contribution in [2.45, 2.75) is 26.4 Å². The molecule has 0 amide bonds. The monoisotopic (exact) mass is 193 g/mol. The van der Waals surface area contributed by atoms with Gasteiger partial charge in [0.15, 0.2) is 0 Å². The Morgan fingerprint density at radius 3 is 2.50 bits per heavy atom. The normalized spacial score (nSPS) is 14.7. The first kappa shape index (κ1) is 12.1.